The average Bonchev–Trinajstić information content (AvgIpc) is 2.22. The number of carboxylic acid groups (broad SMARTS) is 4. The molecular formula is C10H16K4N2O10. The minimum Gasteiger partial charge on any atom is -0.549 e. The SMILES string of the molecule is O.O.O=C([O-])CN(CCN(CC(=O)[O-])CC(=O)[O-])CC(=O)[O-].[K+].[K+].[K+].[K+]. The topological polar surface area (TPSA) is 230 Å². The molecule has 0 fully saturated rings. The Bertz CT molecular complexity index is 334. The summed E-state index contributed by atoms with van der Waals surface area (Å²) in [6.07, 6.45) is 0. The third-order valence-corrected chi connectivity index (χ3v) is 2.14. The van der Waals surface area contributed by atoms with Gasteiger partial charge in [-0.3, -0.25) is 9.80 Å². The summed E-state index contributed by atoms with van der Waals surface area (Å²) < 4.78 is 0. The van der Waals surface area contributed by atoms with Gasteiger partial charge in [-0.2, -0.15) is 0 Å². The molecule has 0 saturated heterocycles. The quantitative estimate of drug-likeness (QED) is 0.253. The molecule has 0 amide bonds. The summed E-state index contributed by atoms with van der Waals surface area (Å²) in [7, 11) is 0. The number of rotatable bonds is 11. The van der Waals surface area contributed by atoms with E-state index in [0.717, 1.165) is 9.80 Å². The fourth-order valence-corrected chi connectivity index (χ4v) is 1.44. The Kier molecular flexibility index (Phi) is 53.9. The van der Waals surface area contributed by atoms with E-state index in [1.54, 1.807) is 0 Å². The van der Waals surface area contributed by atoms with Gasteiger partial charge in [0, 0.05) is 39.3 Å². The first-order valence-corrected chi connectivity index (χ1v) is 5.44. The summed E-state index contributed by atoms with van der Waals surface area (Å²) in [4.78, 5) is 43.4. The zero-order valence-electron chi connectivity index (χ0n) is 15.4. The molecule has 0 unspecified atom stereocenters. The molecule has 0 rings (SSSR count). The molecule has 0 aliphatic carbocycles. The zero-order chi connectivity index (χ0) is 15.7. The number of carbonyl (C=O) groups is 4. The van der Waals surface area contributed by atoms with E-state index in [4.69, 9.17) is 0 Å². The molecule has 16 heteroatoms. The van der Waals surface area contributed by atoms with Crippen LogP contribution in [0.2, 0.25) is 0 Å². The molecule has 4 N–H and O–H groups in total. The van der Waals surface area contributed by atoms with Crippen molar-refractivity contribution in [1.82, 2.24) is 9.80 Å². The molecule has 0 aromatic heterocycles. The Morgan fingerprint density at radius 1 is 0.500 bits per heavy atom. The third-order valence-electron chi connectivity index (χ3n) is 2.14. The molecule has 0 saturated carbocycles. The van der Waals surface area contributed by atoms with E-state index in [2.05, 4.69) is 0 Å². The van der Waals surface area contributed by atoms with Gasteiger partial charge in [0.05, 0.1) is 23.9 Å². The van der Waals surface area contributed by atoms with Gasteiger partial charge in [0.25, 0.3) is 0 Å². The fourth-order valence-electron chi connectivity index (χ4n) is 1.44. The van der Waals surface area contributed by atoms with Crippen LogP contribution in [0.3, 0.4) is 0 Å². The van der Waals surface area contributed by atoms with Crippen molar-refractivity contribution >= 4 is 23.9 Å². The van der Waals surface area contributed by atoms with Crippen LogP contribution in [0.25, 0.3) is 0 Å². The molecule has 130 valence electrons. The van der Waals surface area contributed by atoms with Gasteiger partial charge in [-0.15, -0.1) is 0 Å². The summed E-state index contributed by atoms with van der Waals surface area (Å²) in [6, 6.07) is 0. The summed E-state index contributed by atoms with van der Waals surface area (Å²) in [6.45, 7) is -3.25. The molecule has 0 heterocycles. The molecule has 0 aliphatic heterocycles. The minimum atomic E-state index is -1.53. The van der Waals surface area contributed by atoms with Gasteiger partial charge in [0.1, 0.15) is 0 Å². The molecule has 26 heavy (non-hydrogen) atoms. The average molecular weight is 481 g/mol. The van der Waals surface area contributed by atoms with Gasteiger partial charge < -0.3 is 50.6 Å². The van der Waals surface area contributed by atoms with Crippen LogP contribution in [-0.4, -0.2) is 83.9 Å². The smallest absolute Gasteiger partial charge is 0.549 e. The molecule has 0 aromatic rings. The standard InChI is InChI=1S/C10H16N2O8.4K.2H2O/c13-7(14)3-11(4-8(15)16)1-2-12(5-9(17)18)6-10(19)20;;;;;;/h1-6H2,(H,13,14)(H,15,16)(H,17,18)(H,19,20);;;;;2*1H2/q;4*+1;;/p-4. The fraction of sp³-hybridized carbons (Fsp3) is 0.600. The molecular weight excluding hydrogens is 465 g/mol. The van der Waals surface area contributed by atoms with E-state index in [-0.39, 0.29) is 230 Å². The first-order chi connectivity index (χ1) is 9.20. The second-order valence-electron chi connectivity index (χ2n) is 3.91. The van der Waals surface area contributed by atoms with Crippen LogP contribution < -0.4 is 226 Å². The molecule has 0 aliphatic rings. The molecule has 0 spiro atoms. The van der Waals surface area contributed by atoms with Crippen molar-refractivity contribution in [2.45, 2.75) is 0 Å². The predicted molar refractivity (Wildman–Crippen MR) is 60.1 cm³/mol. The van der Waals surface area contributed by atoms with Crippen molar-refractivity contribution < 1.29 is 256 Å². The largest absolute Gasteiger partial charge is 1.00 e. The van der Waals surface area contributed by atoms with Gasteiger partial charge in [-0.25, -0.2) is 0 Å². The van der Waals surface area contributed by atoms with Crippen molar-refractivity contribution in [3.63, 3.8) is 0 Å². The van der Waals surface area contributed by atoms with Crippen LogP contribution in [0.1, 0.15) is 0 Å². The van der Waals surface area contributed by atoms with Crippen molar-refractivity contribution in [3.05, 3.63) is 0 Å². The van der Waals surface area contributed by atoms with Crippen LogP contribution in [0, 0.1) is 0 Å². The van der Waals surface area contributed by atoms with Crippen LogP contribution in [-0.2, 0) is 19.2 Å². The van der Waals surface area contributed by atoms with Crippen molar-refractivity contribution in [1.29, 1.82) is 0 Å². The number of aliphatic carboxylic acids is 4. The van der Waals surface area contributed by atoms with E-state index >= 15 is 0 Å². The Labute approximate surface area is 320 Å². The van der Waals surface area contributed by atoms with Crippen molar-refractivity contribution in [2.24, 2.45) is 0 Å². The number of hydrogen-bond donors (Lipinski definition) is 0. The molecule has 12 nitrogen and oxygen atoms in total. The molecule has 0 radical (unpaired) electrons. The zero-order valence-corrected chi connectivity index (χ0v) is 27.9. The Morgan fingerprint density at radius 3 is 0.769 bits per heavy atom. The van der Waals surface area contributed by atoms with E-state index in [0.29, 0.717) is 0 Å². The van der Waals surface area contributed by atoms with Gasteiger partial charge in [0.15, 0.2) is 0 Å². The van der Waals surface area contributed by atoms with E-state index < -0.39 is 50.1 Å². The third kappa shape index (κ3) is 32.9. The Hall–Kier alpha value is 4.27. The van der Waals surface area contributed by atoms with Gasteiger partial charge >= 0.3 is 206 Å². The second kappa shape index (κ2) is 29.3. The van der Waals surface area contributed by atoms with Gasteiger partial charge in [-0.1, -0.05) is 0 Å². The summed E-state index contributed by atoms with van der Waals surface area (Å²) in [5.74, 6) is -6.12. The van der Waals surface area contributed by atoms with E-state index in [9.17, 15) is 39.6 Å². The summed E-state index contributed by atoms with van der Waals surface area (Å²) in [5, 5.41) is 41.6. The molecule has 0 aromatic carbocycles. The second-order valence-corrected chi connectivity index (χ2v) is 3.91. The molecule has 0 atom stereocenters. The summed E-state index contributed by atoms with van der Waals surface area (Å²) in [5.41, 5.74) is 0. The van der Waals surface area contributed by atoms with Crippen LogP contribution in [0.4, 0.5) is 0 Å². The van der Waals surface area contributed by atoms with Crippen LogP contribution in [0.5, 0.6) is 0 Å². The monoisotopic (exact) mass is 480 g/mol. The summed E-state index contributed by atoms with van der Waals surface area (Å²) >= 11 is 0. The first kappa shape index (κ1) is 47.9. The number of carbonyl (C=O) groups excluding carboxylic acids is 4. The number of carboxylic acids is 4. The number of nitrogens with zero attached hydrogens (tertiary/aromatic N) is 2. The van der Waals surface area contributed by atoms with Gasteiger partial charge in [-0.05, 0) is 0 Å². The van der Waals surface area contributed by atoms with Crippen LogP contribution >= 0.6 is 0 Å². The first-order valence-electron chi connectivity index (χ1n) is 5.44. The Morgan fingerprint density at radius 2 is 0.654 bits per heavy atom. The predicted octanol–water partition coefficient (Wildman–Crippen LogP) is -21.0. The maximum Gasteiger partial charge on any atom is 1.00 e. The van der Waals surface area contributed by atoms with Crippen molar-refractivity contribution in [3.8, 4) is 0 Å². The van der Waals surface area contributed by atoms with Crippen molar-refractivity contribution in [2.75, 3.05) is 39.3 Å². The normalized spacial score (nSPS) is 8.23. The maximum absolute atomic E-state index is 10.4. The van der Waals surface area contributed by atoms with E-state index in [1.807, 2.05) is 0 Å². The number of hydrogen-bond acceptors (Lipinski definition) is 10. The van der Waals surface area contributed by atoms with Gasteiger partial charge in [0.2, 0.25) is 0 Å². The minimum absolute atomic E-state index is 0. The Balaban J connectivity index is -0.000000120. The maximum atomic E-state index is 10.4. The molecule has 0 bridgehead atoms. The van der Waals surface area contributed by atoms with Crippen LogP contribution in [0.15, 0.2) is 0 Å². The van der Waals surface area contributed by atoms with E-state index in [1.165, 1.54) is 0 Å².